The van der Waals surface area contributed by atoms with Gasteiger partial charge in [0.25, 0.3) is 0 Å². The molecule has 0 aromatic heterocycles. The van der Waals surface area contributed by atoms with Crippen LogP contribution in [0.2, 0.25) is 0 Å². The first-order chi connectivity index (χ1) is 8.53. The van der Waals surface area contributed by atoms with E-state index in [0.717, 1.165) is 38.6 Å². The van der Waals surface area contributed by atoms with E-state index in [1.54, 1.807) is 0 Å². The molecule has 3 rings (SSSR count). The summed E-state index contributed by atoms with van der Waals surface area (Å²) in [6.45, 7) is 5.38. The van der Waals surface area contributed by atoms with Crippen LogP contribution >= 0.6 is 0 Å². The number of aliphatic hydroxyl groups is 1. The summed E-state index contributed by atoms with van der Waals surface area (Å²) in [5, 5.41) is 12.0. The highest BCUT2D eigenvalue weighted by molar-refractivity contribution is 5.25. The largest absolute Gasteiger partial charge is 0.393 e. The van der Waals surface area contributed by atoms with Crippen LogP contribution in [0.3, 0.4) is 0 Å². The summed E-state index contributed by atoms with van der Waals surface area (Å²) in [4.78, 5) is 5.86. The van der Waals surface area contributed by atoms with Gasteiger partial charge in [-0.15, -0.1) is 0 Å². The Labute approximate surface area is 109 Å². The average Bonchev–Trinajstić information content (AvgIpc) is 3.05. The minimum absolute atomic E-state index is 0.0436. The molecule has 0 radical (unpaired) electrons. The predicted octanol–water partition coefficient (Wildman–Crippen LogP) is 2.78. The van der Waals surface area contributed by atoms with Crippen LogP contribution in [0.15, 0.2) is 23.8 Å². The third-order valence-electron chi connectivity index (χ3n) is 4.58. The van der Waals surface area contributed by atoms with Crippen molar-refractivity contribution >= 4 is 0 Å². The topological polar surface area (TPSA) is 35.8 Å². The molecule has 2 saturated heterocycles. The van der Waals surface area contributed by atoms with E-state index in [0.29, 0.717) is 0 Å². The van der Waals surface area contributed by atoms with Crippen molar-refractivity contribution in [3.8, 4) is 0 Å². The predicted molar refractivity (Wildman–Crippen MR) is 70.6 cm³/mol. The van der Waals surface area contributed by atoms with E-state index in [1.807, 2.05) is 0 Å². The van der Waals surface area contributed by atoms with Gasteiger partial charge in [0.2, 0.25) is 0 Å². The van der Waals surface area contributed by atoms with Gasteiger partial charge in [0.1, 0.15) is 0 Å². The van der Waals surface area contributed by atoms with Crippen molar-refractivity contribution in [2.45, 2.75) is 57.8 Å². The van der Waals surface area contributed by atoms with E-state index >= 15 is 0 Å². The van der Waals surface area contributed by atoms with E-state index in [1.165, 1.54) is 5.57 Å². The summed E-state index contributed by atoms with van der Waals surface area (Å²) in [5.74, 6) is 0. The summed E-state index contributed by atoms with van der Waals surface area (Å²) < 4.78 is 0. The number of hydrogen-bond acceptors (Lipinski definition) is 3. The van der Waals surface area contributed by atoms with Gasteiger partial charge < -0.3 is 5.11 Å². The van der Waals surface area contributed by atoms with E-state index in [-0.39, 0.29) is 17.2 Å². The lowest BCUT2D eigenvalue weighted by molar-refractivity contribution is 0.0458. The van der Waals surface area contributed by atoms with Crippen LogP contribution in [0.4, 0.5) is 0 Å². The SMILES string of the molecule is CC(C)(CC1=CCCC=C1)C12CC(O)CCN1O2. The molecule has 0 aromatic rings. The van der Waals surface area contributed by atoms with Crippen LogP contribution in [0.1, 0.15) is 46.0 Å². The van der Waals surface area contributed by atoms with Gasteiger partial charge in [-0.2, -0.15) is 5.06 Å². The highest BCUT2D eigenvalue weighted by Crippen LogP contribution is 2.56. The molecule has 2 aliphatic heterocycles. The van der Waals surface area contributed by atoms with Gasteiger partial charge in [-0.25, -0.2) is 0 Å². The molecule has 18 heavy (non-hydrogen) atoms. The van der Waals surface area contributed by atoms with Gasteiger partial charge in [0.05, 0.1) is 6.10 Å². The standard InChI is InChI=1S/C15H23NO2/c1-14(2,10-12-6-4-3-5-7-12)15-11-13(17)8-9-16(15)18-15/h4,6-7,13,17H,3,5,8-11H2,1-2H3. The van der Waals surface area contributed by atoms with Crippen molar-refractivity contribution in [2.75, 3.05) is 6.54 Å². The number of allylic oxidation sites excluding steroid dienone is 4. The van der Waals surface area contributed by atoms with Crippen molar-refractivity contribution in [3.63, 3.8) is 0 Å². The van der Waals surface area contributed by atoms with Crippen molar-refractivity contribution in [1.82, 2.24) is 5.06 Å². The second-order valence-electron chi connectivity index (χ2n) is 6.44. The van der Waals surface area contributed by atoms with Crippen LogP contribution in [-0.2, 0) is 4.84 Å². The molecular formula is C15H23NO2. The molecule has 100 valence electrons. The first-order valence-corrected chi connectivity index (χ1v) is 7.04. The fourth-order valence-electron chi connectivity index (χ4n) is 3.40. The Kier molecular flexibility index (Phi) is 2.88. The molecule has 3 atom stereocenters. The van der Waals surface area contributed by atoms with Crippen LogP contribution in [-0.4, -0.2) is 28.5 Å². The second-order valence-corrected chi connectivity index (χ2v) is 6.44. The Balaban J connectivity index is 1.74. The van der Waals surface area contributed by atoms with Gasteiger partial charge in [-0.05, 0) is 25.7 Å². The highest BCUT2D eigenvalue weighted by Gasteiger charge is 2.66. The van der Waals surface area contributed by atoms with Gasteiger partial charge in [-0.1, -0.05) is 37.6 Å². The lowest BCUT2D eigenvalue weighted by atomic mass is 9.73. The molecule has 1 aliphatic carbocycles. The Morgan fingerprint density at radius 3 is 3.06 bits per heavy atom. The Morgan fingerprint density at radius 1 is 1.50 bits per heavy atom. The summed E-state index contributed by atoms with van der Waals surface area (Å²) >= 11 is 0. The minimum Gasteiger partial charge on any atom is -0.393 e. The van der Waals surface area contributed by atoms with Gasteiger partial charge >= 0.3 is 0 Å². The summed E-state index contributed by atoms with van der Waals surface area (Å²) in [7, 11) is 0. The fourth-order valence-corrected chi connectivity index (χ4v) is 3.40. The minimum atomic E-state index is -0.225. The fraction of sp³-hybridized carbons (Fsp3) is 0.733. The monoisotopic (exact) mass is 249 g/mol. The molecule has 2 heterocycles. The zero-order valence-electron chi connectivity index (χ0n) is 11.4. The number of hydrogen-bond donors (Lipinski definition) is 1. The van der Waals surface area contributed by atoms with Crippen LogP contribution < -0.4 is 0 Å². The first-order valence-electron chi connectivity index (χ1n) is 7.04. The van der Waals surface area contributed by atoms with Crippen molar-refractivity contribution < 1.29 is 9.94 Å². The Morgan fingerprint density at radius 2 is 2.33 bits per heavy atom. The van der Waals surface area contributed by atoms with Crippen LogP contribution in [0.5, 0.6) is 0 Å². The number of rotatable bonds is 3. The second kappa shape index (κ2) is 4.19. The molecule has 0 amide bonds. The summed E-state index contributed by atoms with van der Waals surface area (Å²) in [6, 6.07) is 0. The number of fused-ring (bicyclic) bond motifs is 1. The molecule has 3 heteroatoms. The zero-order valence-corrected chi connectivity index (χ0v) is 11.4. The van der Waals surface area contributed by atoms with E-state index < -0.39 is 0 Å². The van der Waals surface area contributed by atoms with Crippen molar-refractivity contribution in [3.05, 3.63) is 23.8 Å². The van der Waals surface area contributed by atoms with E-state index in [9.17, 15) is 5.11 Å². The maximum absolute atomic E-state index is 9.91. The number of nitrogens with zero attached hydrogens (tertiary/aromatic N) is 1. The van der Waals surface area contributed by atoms with Gasteiger partial charge in [-0.3, -0.25) is 4.84 Å². The number of aliphatic hydroxyl groups excluding tert-OH is 1. The summed E-state index contributed by atoms with van der Waals surface area (Å²) in [5.41, 5.74) is 1.23. The Hall–Kier alpha value is -0.640. The van der Waals surface area contributed by atoms with Crippen LogP contribution in [0, 0.1) is 5.41 Å². The molecule has 0 aromatic carbocycles. The molecule has 3 nitrogen and oxygen atoms in total. The molecule has 0 saturated carbocycles. The van der Waals surface area contributed by atoms with Crippen molar-refractivity contribution in [1.29, 1.82) is 0 Å². The number of hydroxylamine groups is 2. The smallest absolute Gasteiger partial charge is 0.172 e. The van der Waals surface area contributed by atoms with E-state index in [4.69, 9.17) is 4.84 Å². The molecular weight excluding hydrogens is 226 g/mol. The molecule has 0 spiro atoms. The zero-order chi connectivity index (χ0) is 12.8. The first kappa shape index (κ1) is 12.4. The average molecular weight is 249 g/mol. The third-order valence-corrected chi connectivity index (χ3v) is 4.58. The molecule has 3 aliphatic rings. The Bertz CT molecular complexity index is 399. The summed E-state index contributed by atoms with van der Waals surface area (Å²) in [6.07, 6.45) is 11.5. The molecule has 3 unspecified atom stereocenters. The molecule has 2 fully saturated rings. The molecule has 0 bridgehead atoms. The normalized spacial score (nSPS) is 39.2. The lowest BCUT2D eigenvalue weighted by Crippen LogP contribution is -2.43. The highest BCUT2D eigenvalue weighted by atomic mass is 16.9. The quantitative estimate of drug-likeness (QED) is 0.781. The molecule has 1 N–H and O–H groups in total. The number of piperidine rings is 1. The van der Waals surface area contributed by atoms with Crippen molar-refractivity contribution in [2.24, 2.45) is 5.41 Å². The lowest BCUT2D eigenvalue weighted by Gasteiger charge is -2.35. The van der Waals surface area contributed by atoms with Gasteiger partial charge in [0, 0.05) is 18.4 Å². The van der Waals surface area contributed by atoms with Crippen LogP contribution in [0.25, 0.3) is 0 Å². The third kappa shape index (κ3) is 1.94. The maximum atomic E-state index is 9.91. The maximum Gasteiger partial charge on any atom is 0.172 e. The van der Waals surface area contributed by atoms with Gasteiger partial charge in [0.15, 0.2) is 5.72 Å². The van der Waals surface area contributed by atoms with E-state index in [2.05, 4.69) is 37.1 Å².